The van der Waals surface area contributed by atoms with Crippen LogP contribution in [0.15, 0.2) is 0 Å². The van der Waals surface area contributed by atoms with Crippen molar-refractivity contribution in [3.63, 3.8) is 0 Å². The Labute approximate surface area is 129 Å². The van der Waals surface area contributed by atoms with Crippen LogP contribution in [0, 0.1) is 5.92 Å². The minimum Gasteiger partial charge on any atom is -0.321 e. The van der Waals surface area contributed by atoms with E-state index in [4.69, 9.17) is 0 Å². The molecule has 1 amide bonds. The predicted molar refractivity (Wildman–Crippen MR) is 84.9 cm³/mol. The number of rotatable bonds is 6. The highest BCUT2D eigenvalue weighted by atomic mass is 16.2. The van der Waals surface area contributed by atoms with Gasteiger partial charge in [0.25, 0.3) is 0 Å². The van der Waals surface area contributed by atoms with Crippen LogP contribution in [0.1, 0.15) is 59.3 Å². The molecule has 0 aromatic heterocycles. The van der Waals surface area contributed by atoms with E-state index < -0.39 is 0 Å². The molecular formula is C17H31N3O. The molecule has 0 aromatic carbocycles. The zero-order valence-corrected chi connectivity index (χ0v) is 13.8. The third kappa shape index (κ3) is 3.26. The summed E-state index contributed by atoms with van der Waals surface area (Å²) in [4.78, 5) is 17.6. The van der Waals surface area contributed by atoms with Crippen LogP contribution >= 0.6 is 0 Å². The van der Waals surface area contributed by atoms with E-state index in [1.165, 1.54) is 19.4 Å². The lowest BCUT2D eigenvalue weighted by Gasteiger charge is -2.31. The molecule has 1 aliphatic carbocycles. The second-order valence-electron chi connectivity index (χ2n) is 7.57. The largest absolute Gasteiger partial charge is 0.321 e. The van der Waals surface area contributed by atoms with Gasteiger partial charge in [0.1, 0.15) is 0 Å². The minimum atomic E-state index is 0.0636. The van der Waals surface area contributed by atoms with Gasteiger partial charge in [-0.1, -0.05) is 27.2 Å². The first-order valence-electron chi connectivity index (χ1n) is 8.92. The fourth-order valence-electron chi connectivity index (χ4n) is 4.04. The summed E-state index contributed by atoms with van der Waals surface area (Å²) in [6, 6.07) is 1.33. The van der Waals surface area contributed by atoms with Gasteiger partial charge in [-0.15, -0.1) is 0 Å². The molecular weight excluding hydrogens is 262 g/mol. The van der Waals surface area contributed by atoms with Crippen LogP contribution in [0.25, 0.3) is 0 Å². The Hall–Kier alpha value is -0.610. The summed E-state index contributed by atoms with van der Waals surface area (Å²) >= 11 is 0. The normalized spacial score (nSPS) is 34.4. The van der Waals surface area contributed by atoms with Gasteiger partial charge in [-0.05, 0) is 38.0 Å². The van der Waals surface area contributed by atoms with Crippen molar-refractivity contribution in [3.8, 4) is 0 Å². The van der Waals surface area contributed by atoms with E-state index in [0.29, 0.717) is 17.9 Å². The molecule has 1 saturated carbocycles. The predicted octanol–water partition coefficient (Wildman–Crippen LogP) is 2.20. The van der Waals surface area contributed by atoms with Gasteiger partial charge in [0.05, 0.1) is 12.2 Å². The lowest BCUT2D eigenvalue weighted by molar-refractivity contribution is -0.132. The summed E-state index contributed by atoms with van der Waals surface area (Å²) in [6.45, 7) is 8.96. The summed E-state index contributed by atoms with van der Waals surface area (Å²) in [5.41, 5.74) is 0. The average molecular weight is 293 g/mol. The van der Waals surface area contributed by atoms with E-state index in [1.807, 2.05) is 0 Å². The summed E-state index contributed by atoms with van der Waals surface area (Å²) < 4.78 is 0. The third-order valence-corrected chi connectivity index (χ3v) is 5.21. The Morgan fingerprint density at radius 1 is 1.24 bits per heavy atom. The van der Waals surface area contributed by atoms with Crippen LogP contribution in [-0.4, -0.2) is 53.1 Å². The molecule has 3 atom stereocenters. The lowest BCUT2D eigenvalue weighted by atomic mass is 10.1. The van der Waals surface area contributed by atoms with Crippen molar-refractivity contribution < 1.29 is 4.79 Å². The highest BCUT2D eigenvalue weighted by Gasteiger charge is 2.45. The summed E-state index contributed by atoms with van der Waals surface area (Å²) in [7, 11) is 0. The molecule has 3 fully saturated rings. The van der Waals surface area contributed by atoms with Crippen LogP contribution in [0.2, 0.25) is 0 Å². The highest BCUT2D eigenvalue weighted by molar-refractivity contribution is 5.84. The molecule has 4 heteroatoms. The third-order valence-electron chi connectivity index (χ3n) is 5.21. The first-order chi connectivity index (χ1) is 10.1. The number of carbonyl (C=O) groups excluding carboxylic acids is 1. The van der Waals surface area contributed by atoms with Crippen molar-refractivity contribution in [1.29, 1.82) is 0 Å². The zero-order valence-electron chi connectivity index (χ0n) is 13.8. The van der Waals surface area contributed by atoms with Crippen molar-refractivity contribution in [2.75, 3.05) is 13.1 Å². The van der Waals surface area contributed by atoms with Gasteiger partial charge in [0, 0.05) is 25.2 Å². The van der Waals surface area contributed by atoms with Gasteiger partial charge >= 0.3 is 0 Å². The Kier molecular flexibility index (Phi) is 4.55. The number of nitrogens with zero attached hydrogens (tertiary/aromatic N) is 2. The molecule has 21 heavy (non-hydrogen) atoms. The number of nitrogens with one attached hydrogen (secondary N) is 1. The van der Waals surface area contributed by atoms with Gasteiger partial charge in [0.2, 0.25) is 5.91 Å². The molecule has 120 valence electrons. The molecule has 3 rings (SSSR count). The standard InChI is InChI=1S/C17H31N3O/c1-4-5-15-17(21)20(16(18-15)10-12(2)3)14-8-9-19(11-14)13-6-7-13/h12-16,18H,4-11H2,1-3H3. The van der Waals surface area contributed by atoms with Crippen LogP contribution in [0.3, 0.4) is 0 Å². The van der Waals surface area contributed by atoms with E-state index in [1.54, 1.807) is 0 Å². The van der Waals surface area contributed by atoms with Crippen molar-refractivity contribution in [2.24, 2.45) is 5.92 Å². The molecule has 1 N–H and O–H groups in total. The lowest BCUT2D eigenvalue weighted by Crippen LogP contribution is -2.46. The second-order valence-corrected chi connectivity index (χ2v) is 7.57. The molecule has 2 aliphatic heterocycles. The van der Waals surface area contributed by atoms with Crippen LogP contribution in [-0.2, 0) is 4.79 Å². The van der Waals surface area contributed by atoms with Gasteiger partial charge in [0.15, 0.2) is 0 Å². The van der Waals surface area contributed by atoms with Crippen molar-refractivity contribution in [3.05, 3.63) is 0 Å². The van der Waals surface area contributed by atoms with Crippen molar-refractivity contribution in [2.45, 2.75) is 83.6 Å². The van der Waals surface area contributed by atoms with E-state index in [9.17, 15) is 4.79 Å². The van der Waals surface area contributed by atoms with Crippen LogP contribution in [0.4, 0.5) is 0 Å². The van der Waals surface area contributed by atoms with Gasteiger partial charge < -0.3 is 4.90 Å². The summed E-state index contributed by atoms with van der Waals surface area (Å²) in [5, 5.41) is 3.62. The van der Waals surface area contributed by atoms with Gasteiger partial charge in [-0.2, -0.15) is 0 Å². The first kappa shape index (κ1) is 15.3. The van der Waals surface area contributed by atoms with Crippen LogP contribution in [0.5, 0.6) is 0 Å². The number of hydrogen-bond acceptors (Lipinski definition) is 3. The fourth-order valence-corrected chi connectivity index (χ4v) is 4.04. The SMILES string of the molecule is CCCC1NC(CC(C)C)N(C2CCN(C3CC3)C2)C1=O. The average Bonchev–Trinajstić information content (AvgIpc) is 3.09. The summed E-state index contributed by atoms with van der Waals surface area (Å²) in [6.07, 6.45) is 7.29. The molecule has 0 aromatic rings. The molecule has 0 spiro atoms. The molecule has 0 bridgehead atoms. The van der Waals surface area contributed by atoms with E-state index in [2.05, 4.69) is 35.9 Å². The smallest absolute Gasteiger partial charge is 0.241 e. The molecule has 2 saturated heterocycles. The number of likely N-dealkylation sites (tertiary alicyclic amines) is 1. The molecule has 2 heterocycles. The number of carbonyl (C=O) groups is 1. The fraction of sp³-hybridized carbons (Fsp3) is 0.941. The molecule has 3 aliphatic rings. The van der Waals surface area contributed by atoms with Crippen molar-refractivity contribution in [1.82, 2.24) is 15.1 Å². The van der Waals surface area contributed by atoms with Crippen molar-refractivity contribution >= 4 is 5.91 Å². The highest BCUT2D eigenvalue weighted by Crippen LogP contribution is 2.33. The zero-order chi connectivity index (χ0) is 15.0. The number of hydrogen-bond donors (Lipinski definition) is 1. The first-order valence-corrected chi connectivity index (χ1v) is 8.92. The van der Waals surface area contributed by atoms with Gasteiger partial charge in [-0.3, -0.25) is 15.0 Å². The Morgan fingerprint density at radius 2 is 2.00 bits per heavy atom. The minimum absolute atomic E-state index is 0.0636. The Balaban J connectivity index is 1.68. The second kappa shape index (κ2) is 6.25. The maximum atomic E-state index is 12.8. The van der Waals surface area contributed by atoms with Gasteiger partial charge in [-0.25, -0.2) is 0 Å². The molecule has 3 unspecified atom stereocenters. The van der Waals surface area contributed by atoms with Crippen LogP contribution < -0.4 is 5.32 Å². The topological polar surface area (TPSA) is 35.6 Å². The van der Waals surface area contributed by atoms with E-state index in [0.717, 1.165) is 38.3 Å². The molecule has 0 radical (unpaired) electrons. The summed E-state index contributed by atoms with van der Waals surface area (Å²) in [5.74, 6) is 0.990. The maximum Gasteiger partial charge on any atom is 0.241 e. The quantitative estimate of drug-likeness (QED) is 0.815. The number of amides is 1. The molecule has 4 nitrogen and oxygen atoms in total. The Bertz CT molecular complexity index is 380. The maximum absolute atomic E-state index is 12.8. The Morgan fingerprint density at radius 3 is 2.62 bits per heavy atom. The monoisotopic (exact) mass is 293 g/mol. The van der Waals surface area contributed by atoms with E-state index >= 15 is 0 Å². The van der Waals surface area contributed by atoms with E-state index in [-0.39, 0.29) is 12.2 Å².